The van der Waals surface area contributed by atoms with Gasteiger partial charge in [0.05, 0.1) is 12.2 Å². The van der Waals surface area contributed by atoms with Gasteiger partial charge in [0.15, 0.2) is 0 Å². The lowest BCUT2D eigenvalue weighted by Gasteiger charge is -2.19. The van der Waals surface area contributed by atoms with E-state index in [0.717, 1.165) is 0 Å². The topological polar surface area (TPSA) is 9.23 Å². The summed E-state index contributed by atoms with van der Waals surface area (Å²) in [5.41, 5.74) is 0. The Kier molecular flexibility index (Phi) is 26.2. The van der Waals surface area contributed by atoms with E-state index in [-0.39, 0.29) is 0 Å². The number of hydrogen-bond donors (Lipinski definition) is 0. The summed E-state index contributed by atoms with van der Waals surface area (Å²) in [6.07, 6.45) is 34.8. The highest BCUT2D eigenvalue weighted by molar-refractivity contribution is 4.58. The Balaban J connectivity index is 3.29. The molecule has 0 saturated carbocycles. The molecule has 0 amide bonds. The van der Waals surface area contributed by atoms with Crippen LogP contribution >= 0.6 is 0 Å². The van der Waals surface area contributed by atoms with Crippen LogP contribution < -0.4 is 0 Å². The Morgan fingerprint density at radius 1 is 0.355 bits per heavy atom. The van der Waals surface area contributed by atoms with E-state index in [4.69, 9.17) is 4.74 Å². The highest BCUT2D eigenvalue weighted by Gasteiger charge is 2.08. The quantitative estimate of drug-likeness (QED) is 0.122. The zero-order valence-electron chi connectivity index (χ0n) is 22.5. The number of unbranched alkanes of at least 4 members (excludes halogenated alkanes) is 20. The van der Waals surface area contributed by atoms with E-state index in [0.29, 0.717) is 12.2 Å². The Labute approximate surface area is 198 Å². The Bertz CT molecular complexity index is 284. The van der Waals surface area contributed by atoms with Crippen molar-refractivity contribution in [1.82, 2.24) is 0 Å². The maximum absolute atomic E-state index is 6.23. The van der Waals surface area contributed by atoms with E-state index in [1.54, 1.807) is 0 Å². The lowest BCUT2D eigenvalue weighted by Crippen LogP contribution is -2.17. The SMILES string of the molecule is CCCCCCCCCCCCCC(C)OC(C)CCCCCCCCCCCCC. The van der Waals surface area contributed by atoms with Crippen LogP contribution in [0.1, 0.15) is 182 Å². The average molecular weight is 439 g/mol. The van der Waals surface area contributed by atoms with Gasteiger partial charge in [0.25, 0.3) is 0 Å². The van der Waals surface area contributed by atoms with Gasteiger partial charge in [-0.05, 0) is 26.7 Å². The second-order valence-electron chi connectivity index (χ2n) is 10.4. The highest BCUT2D eigenvalue weighted by atomic mass is 16.5. The summed E-state index contributed by atoms with van der Waals surface area (Å²) >= 11 is 0. The molecule has 0 rings (SSSR count). The molecule has 0 aliphatic rings. The Morgan fingerprint density at radius 3 is 0.839 bits per heavy atom. The normalized spacial score (nSPS) is 13.5. The zero-order valence-corrected chi connectivity index (χ0v) is 22.5. The summed E-state index contributed by atoms with van der Waals surface area (Å²) in [7, 11) is 0. The van der Waals surface area contributed by atoms with E-state index >= 15 is 0 Å². The van der Waals surface area contributed by atoms with Crippen molar-refractivity contribution >= 4 is 0 Å². The molecule has 0 aromatic rings. The van der Waals surface area contributed by atoms with Gasteiger partial charge < -0.3 is 4.74 Å². The van der Waals surface area contributed by atoms with Crippen LogP contribution in [0.2, 0.25) is 0 Å². The fourth-order valence-corrected chi connectivity index (χ4v) is 4.72. The van der Waals surface area contributed by atoms with Crippen molar-refractivity contribution in [3.8, 4) is 0 Å². The summed E-state index contributed by atoms with van der Waals surface area (Å²) in [6.45, 7) is 9.17. The molecule has 0 heterocycles. The van der Waals surface area contributed by atoms with E-state index < -0.39 is 0 Å². The lowest BCUT2D eigenvalue weighted by atomic mass is 10.0. The first-order valence-corrected chi connectivity index (χ1v) is 14.9. The third-order valence-electron chi connectivity index (χ3n) is 6.89. The van der Waals surface area contributed by atoms with Gasteiger partial charge in [0.2, 0.25) is 0 Å². The molecule has 188 valence electrons. The van der Waals surface area contributed by atoms with Gasteiger partial charge >= 0.3 is 0 Å². The minimum atomic E-state index is 0.446. The maximum Gasteiger partial charge on any atom is 0.0550 e. The molecule has 0 aliphatic heterocycles. The van der Waals surface area contributed by atoms with E-state index in [1.165, 1.54) is 154 Å². The molecule has 0 bridgehead atoms. The molecule has 0 fully saturated rings. The van der Waals surface area contributed by atoms with Crippen molar-refractivity contribution in [2.75, 3.05) is 0 Å². The minimum Gasteiger partial charge on any atom is -0.376 e. The lowest BCUT2D eigenvalue weighted by molar-refractivity contribution is -0.00232. The standard InChI is InChI=1S/C30H62O/c1-5-7-9-11-13-15-17-19-21-23-25-27-29(3)31-30(4)28-26-24-22-20-18-16-14-12-10-8-6-2/h29-30H,5-28H2,1-4H3. The van der Waals surface area contributed by atoms with Crippen LogP contribution in [0.5, 0.6) is 0 Å². The van der Waals surface area contributed by atoms with Gasteiger partial charge in [-0.3, -0.25) is 0 Å². The molecular formula is C30H62O. The summed E-state index contributed by atoms with van der Waals surface area (Å²) < 4.78 is 6.23. The van der Waals surface area contributed by atoms with Gasteiger partial charge in [-0.25, -0.2) is 0 Å². The first-order valence-electron chi connectivity index (χ1n) is 14.9. The molecule has 0 spiro atoms. The van der Waals surface area contributed by atoms with Crippen molar-refractivity contribution in [2.45, 2.75) is 194 Å². The fourth-order valence-electron chi connectivity index (χ4n) is 4.72. The van der Waals surface area contributed by atoms with Crippen LogP contribution in [-0.4, -0.2) is 12.2 Å². The van der Waals surface area contributed by atoms with E-state index in [1.807, 2.05) is 0 Å². The zero-order chi connectivity index (χ0) is 22.8. The summed E-state index contributed by atoms with van der Waals surface area (Å²) in [4.78, 5) is 0. The molecule has 1 nitrogen and oxygen atoms in total. The van der Waals surface area contributed by atoms with Crippen LogP contribution in [0, 0.1) is 0 Å². The van der Waals surface area contributed by atoms with Crippen LogP contribution in [-0.2, 0) is 4.74 Å². The third-order valence-corrected chi connectivity index (χ3v) is 6.89. The number of ether oxygens (including phenoxy) is 1. The van der Waals surface area contributed by atoms with Crippen molar-refractivity contribution in [3.05, 3.63) is 0 Å². The summed E-state index contributed by atoms with van der Waals surface area (Å²) in [6, 6.07) is 0. The van der Waals surface area contributed by atoms with Crippen molar-refractivity contribution in [3.63, 3.8) is 0 Å². The second kappa shape index (κ2) is 26.2. The van der Waals surface area contributed by atoms with Gasteiger partial charge in [-0.15, -0.1) is 0 Å². The van der Waals surface area contributed by atoms with E-state index in [9.17, 15) is 0 Å². The maximum atomic E-state index is 6.23. The second-order valence-corrected chi connectivity index (χ2v) is 10.4. The van der Waals surface area contributed by atoms with Crippen molar-refractivity contribution < 1.29 is 4.74 Å². The van der Waals surface area contributed by atoms with Gasteiger partial charge in [-0.2, -0.15) is 0 Å². The van der Waals surface area contributed by atoms with Crippen molar-refractivity contribution in [2.24, 2.45) is 0 Å². The molecule has 0 N–H and O–H groups in total. The first-order chi connectivity index (χ1) is 15.2. The Morgan fingerprint density at radius 2 is 0.581 bits per heavy atom. The molecule has 2 unspecified atom stereocenters. The predicted molar refractivity (Wildman–Crippen MR) is 142 cm³/mol. The first kappa shape index (κ1) is 31.0. The summed E-state index contributed by atoms with van der Waals surface area (Å²) in [5.74, 6) is 0. The molecule has 2 atom stereocenters. The molecule has 31 heavy (non-hydrogen) atoms. The predicted octanol–water partition coefficient (Wildman–Crippen LogP) is 11.2. The van der Waals surface area contributed by atoms with Crippen LogP contribution in [0.15, 0.2) is 0 Å². The van der Waals surface area contributed by atoms with Crippen LogP contribution in [0.25, 0.3) is 0 Å². The molecule has 1 heteroatoms. The monoisotopic (exact) mass is 438 g/mol. The third kappa shape index (κ3) is 26.1. The van der Waals surface area contributed by atoms with E-state index in [2.05, 4.69) is 27.7 Å². The van der Waals surface area contributed by atoms with Gasteiger partial charge in [0, 0.05) is 0 Å². The van der Waals surface area contributed by atoms with Gasteiger partial charge in [0.1, 0.15) is 0 Å². The minimum absolute atomic E-state index is 0.446. The Hall–Kier alpha value is -0.0400. The van der Waals surface area contributed by atoms with Crippen LogP contribution in [0.4, 0.5) is 0 Å². The number of rotatable bonds is 26. The van der Waals surface area contributed by atoms with Gasteiger partial charge in [-0.1, -0.05) is 155 Å². The molecule has 0 radical (unpaired) electrons. The largest absolute Gasteiger partial charge is 0.376 e. The molecule has 0 aliphatic carbocycles. The highest BCUT2D eigenvalue weighted by Crippen LogP contribution is 2.16. The summed E-state index contributed by atoms with van der Waals surface area (Å²) in [5, 5.41) is 0. The molecule has 0 saturated heterocycles. The molecular weight excluding hydrogens is 376 g/mol. The van der Waals surface area contributed by atoms with Crippen molar-refractivity contribution in [1.29, 1.82) is 0 Å². The molecule has 0 aromatic carbocycles. The fraction of sp³-hybridized carbons (Fsp3) is 1.00. The number of hydrogen-bond acceptors (Lipinski definition) is 1. The van der Waals surface area contributed by atoms with Crippen LogP contribution in [0.3, 0.4) is 0 Å². The smallest absolute Gasteiger partial charge is 0.0550 e. The molecule has 0 aromatic heterocycles. The average Bonchev–Trinajstić information content (AvgIpc) is 2.75.